The minimum absolute atomic E-state index is 0.0637. The van der Waals surface area contributed by atoms with Crippen molar-refractivity contribution in [2.75, 3.05) is 12.4 Å². The highest BCUT2D eigenvalue weighted by Gasteiger charge is 2.13. The maximum absolute atomic E-state index is 12.0. The predicted octanol–water partition coefficient (Wildman–Crippen LogP) is 3.16. The number of aromatic carboxylic acids is 1. The number of rotatable bonds is 4. The summed E-state index contributed by atoms with van der Waals surface area (Å²) in [5.41, 5.74) is 2.92. The molecular weight excluding hydrogens is 314 g/mol. The van der Waals surface area contributed by atoms with Gasteiger partial charge in [-0.15, -0.1) is 11.3 Å². The number of carbonyl (C=O) groups is 2. The van der Waals surface area contributed by atoms with Crippen molar-refractivity contribution < 1.29 is 14.7 Å². The van der Waals surface area contributed by atoms with E-state index in [9.17, 15) is 9.59 Å². The van der Waals surface area contributed by atoms with Crippen LogP contribution < -0.4 is 5.32 Å². The molecule has 2 amide bonds. The largest absolute Gasteiger partial charge is 0.478 e. The summed E-state index contributed by atoms with van der Waals surface area (Å²) in [6.07, 6.45) is 0. The second kappa shape index (κ2) is 6.55. The molecule has 0 aliphatic rings. The molecule has 0 saturated carbocycles. The minimum atomic E-state index is -1.07. The molecule has 0 atom stereocenters. The van der Waals surface area contributed by atoms with Gasteiger partial charge < -0.3 is 15.3 Å². The van der Waals surface area contributed by atoms with Crippen molar-refractivity contribution in [2.24, 2.45) is 0 Å². The summed E-state index contributed by atoms with van der Waals surface area (Å²) < 4.78 is 0. The number of nitrogens with zero attached hydrogens (tertiary/aromatic N) is 2. The van der Waals surface area contributed by atoms with Gasteiger partial charge in [-0.2, -0.15) is 0 Å². The molecule has 1 aromatic heterocycles. The molecule has 8 heteroatoms. The second-order valence-electron chi connectivity index (χ2n) is 4.27. The Kier molecular flexibility index (Phi) is 4.77. The van der Waals surface area contributed by atoms with Crippen LogP contribution in [0, 0.1) is 0 Å². The van der Waals surface area contributed by atoms with Crippen LogP contribution in [-0.2, 0) is 6.54 Å². The van der Waals surface area contributed by atoms with E-state index in [1.165, 1.54) is 34.4 Å². The molecule has 0 saturated heterocycles. The smallest absolute Gasteiger partial charge is 0.335 e. The fourth-order valence-corrected chi connectivity index (χ4v) is 2.37. The average Bonchev–Trinajstić information content (AvgIpc) is 2.93. The number of benzene rings is 1. The molecule has 1 aromatic carbocycles. The predicted molar refractivity (Wildman–Crippen MR) is 81.0 cm³/mol. The third-order valence-corrected chi connectivity index (χ3v) is 3.63. The maximum Gasteiger partial charge on any atom is 0.335 e. The van der Waals surface area contributed by atoms with Crippen LogP contribution in [0.1, 0.15) is 16.1 Å². The molecule has 0 radical (unpaired) electrons. The van der Waals surface area contributed by atoms with E-state index in [1.54, 1.807) is 12.6 Å². The number of nitrogens with one attached hydrogen (secondary N) is 1. The quantitative estimate of drug-likeness (QED) is 0.904. The normalized spacial score (nSPS) is 10.2. The number of hydrogen-bond donors (Lipinski definition) is 2. The van der Waals surface area contributed by atoms with Crippen LogP contribution in [0.4, 0.5) is 10.5 Å². The van der Waals surface area contributed by atoms with Crippen LogP contribution in [0.25, 0.3) is 0 Å². The molecule has 0 aliphatic heterocycles. The van der Waals surface area contributed by atoms with Crippen LogP contribution in [0.5, 0.6) is 0 Å². The van der Waals surface area contributed by atoms with Gasteiger partial charge in [0.1, 0.15) is 0 Å². The minimum Gasteiger partial charge on any atom is -0.478 e. The van der Waals surface area contributed by atoms with Crippen molar-refractivity contribution in [3.05, 3.63) is 45.4 Å². The van der Waals surface area contributed by atoms with Crippen LogP contribution in [0.15, 0.2) is 29.1 Å². The number of carboxylic acids is 1. The highest BCUT2D eigenvalue weighted by molar-refractivity contribution is 7.07. The van der Waals surface area contributed by atoms with Gasteiger partial charge in [-0.3, -0.25) is 0 Å². The Bertz CT molecular complexity index is 661. The summed E-state index contributed by atoms with van der Waals surface area (Å²) in [4.78, 5) is 28.4. The number of hydrogen-bond acceptors (Lipinski definition) is 4. The van der Waals surface area contributed by atoms with Crippen molar-refractivity contribution in [1.29, 1.82) is 0 Å². The van der Waals surface area contributed by atoms with Gasteiger partial charge in [0.05, 0.1) is 34.0 Å². The van der Waals surface area contributed by atoms with Gasteiger partial charge >= 0.3 is 12.0 Å². The zero-order valence-corrected chi connectivity index (χ0v) is 12.6. The number of anilines is 1. The molecule has 1 heterocycles. The van der Waals surface area contributed by atoms with E-state index in [1.807, 2.05) is 5.38 Å². The van der Waals surface area contributed by atoms with Gasteiger partial charge in [0.25, 0.3) is 0 Å². The fraction of sp³-hybridized carbons (Fsp3) is 0.154. The maximum atomic E-state index is 12.0. The number of aromatic nitrogens is 1. The van der Waals surface area contributed by atoms with E-state index in [2.05, 4.69) is 10.3 Å². The first-order chi connectivity index (χ1) is 9.97. The molecule has 0 aliphatic carbocycles. The van der Waals surface area contributed by atoms with Gasteiger partial charge in [-0.1, -0.05) is 11.6 Å². The van der Waals surface area contributed by atoms with Gasteiger partial charge in [-0.05, 0) is 18.2 Å². The summed E-state index contributed by atoms with van der Waals surface area (Å²) in [6, 6.07) is 3.78. The number of thiazole rings is 1. The van der Waals surface area contributed by atoms with Gasteiger partial charge in [0.15, 0.2) is 0 Å². The van der Waals surface area contributed by atoms with Gasteiger partial charge in [0, 0.05) is 12.4 Å². The molecule has 0 unspecified atom stereocenters. The number of carbonyl (C=O) groups excluding carboxylic acids is 1. The Morgan fingerprint density at radius 1 is 1.48 bits per heavy atom. The Labute approximate surface area is 130 Å². The molecule has 0 spiro atoms. The van der Waals surface area contributed by atoms with E-state index in [-0.39, 0.29) is 16.6 Å². The molecule has 0 bridgehead atoms. The topological polar surface area (TPSA) is 82.5 Å². The van der Waals surface area contributed by atoms with Gasteiger partial charge in [-0.25, -0.2) is 14.6 Å². The first kappa shape index (κ1) is 15.3. The molecule has 6 nitrogen and oxygen atoms in total. The molecule has 2 rings (SSSR count). The second-order valence-corrected chi connectivity index (χ2v) is 5.39. The molecule has 2 N–H and O–H groups in total. The zero-order valence-electron chi connectivity index (χ0n) is 11.0. The van der Waals surface area contributed by atoms with Crippen LogP contribution in [0.3, 0.4) is 0 Å². The van der Waals surface area contributed by atoms with Crippen molar-refractivity contribution in [2.45, 2.75) is 6.54 Å². The standard InChI is InChI=1S/C13H12ClN3O3S/c1-17(5-9-6-21-7-15-9)13(20)16-11-3-2-8(12(18)19)4-10(11)14/h2-4,6-7H,5H2,1H3,(H,16,20)(H,18,19). The zero-order chi connectivity index (χ0) is 15.4. The lowest BCUT2D eigenvalue weighted by Crippen LogP contribution is -2.31. The number of carboxylic acid groups (broad SMARTS) is 1. The van der Waals surface area contributed by atoms with E-state index < -0.39 is 5.97 Å². The third-order valence-electron chi connectivity index (χ3n) is 2.69. The summed E-state index contributed by atoms with van der Waals surface area (Å²) in [5.74, 6) is -1.07. The van der Waals surface area contributed by atoms with Crippen molar-refractivity contribution in [3.8, 4) is 0 Å². The van der Waals surface area contributed by atoms with Crippen LogP contribution >= 0.6 is 22.9 Å². The third kappa shape index (κ3) is 3.93. The first-order valence-electron chi connectivity index (χ1n) is 5.89. The van der Waals surface area contributed by atoms with Crippen LogP contribution in [0.2, 0.25) is 5.02 Å². The van der Waals surface area contributed by atoms with E-state index in [0.717, 1.165) is 5.69 Å². The van der Waals surface area contributed by atoms with Gasteiger partial charge in [0.2, 0.25) is 0 Å². The summed E-state index contributed by atoms with van der Waals surface area (Å²) in [7, 11) is 1.63. The Hall–Kier alpha value is -2.12. The first-order valence-corrected chi connectivity index (χ1v) is 7.21. The molecular formula is C13H12ClN3O3S. The van der Waals surface area contributed by atoms with Crippen molar-refractivity contribution >= 4 is 40.6 Å². The number of amides is 2. The fourth-order valence-electron chi connectivity index (χ4n) is 1.59. The molecule has 2 aromatic rings. The lowest BCUT2D eigenvalue weighted by molar-refractivity contribution is 0.0697. The van der Waals surface area contributed by atoms with E-state index >= 15 is 0 Å². The lowest BCUT2D eigenvalue weighted by Gasteiger charge is -2.17. The van der Waals surface area contributed by atoms with Crippen LogP contribution in [-0.4, -0.2) is 34.0 Å². The summed E-state index contributed by atoms with van der Waals surface area (Å²) >= 11 is 7.42. The monoisotopic (exact) mass is 325 g/mol. The molecule has 110 valence electrons. The summed E-state index contributed by atoms with van der Waals surface area (Å²) in [5, 5.41) is 13.5. The van der Waals surface area contributed by atoms with Crippen molar-refractivity contribution in [1.82, 2.24) is 9.88 Å². The Morgan fingerprint density at radius 2 is 2.24 bits per heavy atom. The number of urea groups is 1. The van der Waals surface area contributed by atoms with E-state index in [4.69, 9.17) is 16.7 Å². The molecule has 0 fully saturated rings. The van der Waals surface area contributed by atoms with E-state index in [0.29, 0.717) is 12.2 Å². The summed E-state index contributed by atoms with van der Waals surface area (Å²) in [6.45, 7) is 0.375. The Balaban J connectivity index is 2.03. The van der Waals surface area contributed by atoms with Crippen molar-refractivity contribution in [3.63, 3.8) is 0 Å². The Morgan fingerprint density at radius 3 is 2.81 bits per heavy atom. The average molecular weight is 326 g/mol. The highest BCUT2D eigenvalue weighted by Crippen LogP contribution is 2.23. The lowest BCUT2D eigenvalue weighted by atomic mass is 10.2. The highest BCUT2D eigenvalue weighted by atomic mass is 35.5. The number of halogens is 1. The SMILES string of the molecule is CN(Cc1cscn1)C(=O)Nc1ccc(C(=O)O)cc1Cl. The molecule has 21 heavy (non-hydrogen) atoms.